The van der Waals surface area contributed by atoms with E-state index in [4.69, 9.17) is 0 Å². The van der Waals surface area contributed by atoms with Crippen molar-refractivity contribution in [1.82, 2.24) is 41.2 Å². The molecule has 2 aromatic heterocycles. The van der Waals surface area contributed by atoms with Crippen molar-refractivity contribution in [2.45, 2.75) is 0 Å². The number of carbonyl (C=O) groups excluding carboxylic acids is 4. The second-order valence-corrected chi connectivity index (χ2v) is 7.09. The molecule has 3 aliphatic carbocycles. The highest BCUT2D eigenvalue weighted by Crippen LogP contribution is 2.58. The zero-order valence-corrected chi connectivity index (χ0v) is 13.8. The van der Waals surface area contributed by atoms with Gasteiger partial charge in [0.05, 0.1) is 23.7 Å². The summed E-state index contributed by atoms with van der Waals surface area (Å²) in [5.41, 5.74) is 0. The summed E-state index contributed by atoms with van der Waals surface area (Å²) < 4.78 is 0. The highest BCUT2D eigenvalue weighted by atomic mass is 16.2. The fourth-order valence-electron chi connectivity index (χ4n) is 5.12. The van der Waals surface area contributed by atoms with Gasteiger partial charge in [0.25, 0.3) is 11.9 Å². The Morgan fingerprint density at radius 1 is 0.643 bits per heavy atom. The van der Waals surface area contributed by atoms with E-state index in [1.54, 1.807) is 12.2 Å². The van der Waals surface area contributed by atoms with Crippen LogP contribution in [-0.2, 0) is 19.2 Å². The van der Waals surface area contributed by atoms with E-state index in [0.29, 0.717) is 0 Å². The van der Waals surface area contributed by atoms with Crippen molar-refractivity contribution < 1.29 is 19.2 Å². The van der Waals surface area contributed by atoms with Gasteiger partial charge >= 0.3 is 0 Å². The van der Waals surface area contributed by atoms with Crippen LogP contribution in [0.1, 0.15) is 0 Å². The van der Waals surface area contributed by atoms with Crippen molar-refractivity contribution in [2.24, 2.45) is 35.5 Å². The van der Waals surface area contributed by atoms with E-state index in [9.17, 15) is 19.2 Å². The van der Waals surface area contributed by atoms with Crippen molar-refractivity contribution in [2.75, 3.05) is 9.80 Å². The highest BCUT2D eigenvalue weighted by Gasteiger charge is 2.69. The maximum atomic E-state index is 13.0. The molecule has 2 bridgehead atoms. The summed E-state index contributed by atoms with van der Waals surface area (Å²) in [6.45, 7) is 0. The topological polar surface area (TPSA) is 184 Å². The zero-order valence-electron chi connectivity index (χ0n) is 13.8. The van der Waals surface area contributed by atoms with Gasteiger partial charge in [0.15, 0.2) is 0 Å². The molecule has 6 atom stereocenters. The number of aromatic nitrogens is 8. The smallest absolute Gasteiger partial charge is 0.274 e. The van der Waals surface area contributed by atoms with Crippen LogP contribution in [0.3, 0.4) is 0 Å². The summed E-state index contributed by atoms with van der Waals surface area (Å²) in [4.78, 5) is 53.9. The van der Waals surface area contributed by atoms with Crippen molar-refractivity contribution in [3.8, 4) is 0 Å². The maximum Gasteiger partial charge on any atom is 0.279 e. The van der Waals surface area contributed by atoms with Crippen LogP contribution in [0.4, 0.5) is 11.9 Å². The summed E-state index contributed by atoms with van der Waals surface area (Å²) in [5, 5.41) is 26.1. The van der Waals surface area contributed by atoms with Gasteiger partial charge in [0, 0.05) is 11.8 Å². The molecule has 0 aromatic carbocycles. The standard InChI is InChI=1S/C14H10N10O4/c25-9-5-3-1-2-4(7(5)11(27)23(9)13-15-19-20-16-13)8-6(3)10(26)24(12(8)28)14-17-21-22-18-14/h1-8H,(H,15,16,19,20)(H,17,18,21,22)/t3?,4?,5-,6+,7+,8-. The Bertz CT molecular complexity index is 934. The number of aromatic amines is 2. The van der Waals surface area contributed by atoms with Crippen LogP contribution in [-0.4, -0.2) is 64.9 Å². The van der Waals surface area contributed by atoms with Crippen LogP contribution in [0.25, 0.3) is 0 Å². The maximum absolute atomic E-state index is 13.0. The monoisotopic (exact) mass is 382 g/mol. The third-order valence-corrected chi connectivity index (χ3v) is 6.08. The number of allylic oxidation sites excluding steroid dienone is 2. The number of H-pyrrole nitrogens is 2. The van der Waals surface area contributed by atoms with Gasteiger partial charge in [-0.1, -0.05) is 22.3 Å². The van der Waals surface area contributed by atoms with Crippen LogP contribution in [0.5, 0.6) is 0 Å². The first-order valence-corrected chi connectivity index (χ1v) is 8.50. The normalized spacial score (nSPS) is 35.9. The molecule has 14 nitrogen and oxygen atoms in total. The molecule has 0 spiro atoms. The van der Waals surface area contributed by atoms with Crippen LogP contribution < -0.4 is 9.80 Å². The van der Waals surface area contributed by atoms with E-state index >= 15 is 0 Å². The van der Waals surface area contributed by atoms with Gasteiger partial charge in [0.2, 0.25) is 23.6 Å². The molecular formula is C14H10N10O4. The summed E-state index contributed by atoms with van der Waals surface area (Å²) in [5.74, 6) is -6.48. The summed E-state index contributed by atoms with van der Waals surface area (Å²) in [7, 11) is 0. The fraction of sp³-hybridized carbons (Fsp3) is 0.429. The lowest BCUT2D eigenvalue weighted by Gasteiger charge is -2.44. The Morgan fingerprint density at radius 2 is 1.00 bits per heavy atom. The molecule has 140 valence electrons. The van der Waals surface area contributed by atoms with E-state index < -0.39 is 59.1 Å². The van der Waals surface area contributed by atoms with Crippen LogP contribution in [0.15, 0.2) is 12.2 Å². The van der Waals surface area contributed by atoms with Crippen molar-refractivity contribution >= 4 is 35.5 Å². The molecule has 2 aliphatic heterocycles. The van der Waals surface area contributed by atoms with E-state index in [-0.39, 0.29) is 11.9 Å². The van der Waals surface area contributed by atoms with Crippen LogP contribution >= 0.6 is 0 Å². The lowest BCUT2D eigenvalue weighted by molar-refractivity contribution is -0.137. The largest absolute Gasteiger partial charge is 0.279 e. The molecule has 7 rings (SSSR count). The number of tetrazole rings is 2. The molecule has 2 aromatic rings. The van der Waals surface area contributed by atoms with Gasteiger partial charge in [0.1, 0.15) is 0 Å². The molecule has 4 amide bonds. The highest BCUT2D eigenvalue weighted by molar-refractivity contribution is 6.25. The number of rotatable bonds is 2. The van der Waals surface area contributed by atoms with Crippen molar-refractivity contribution in [1.29, 1.82) is 0 Å². The number of amides is 4. The van der Waals surface area contributed by atoms with E-state index in [1.807, 2.05) is 0 Å². The first-order chi connectivity index (χ1) is 13.6. The molecule has 2 saturated heterocycles. The number of imide groups is 2. The summed E-state index contributed by atoms with van der Waals surface area (Å²) in [6, 6.07) is 0. The average molecular weight is 382 g/mol. The van der Waals surface area contributed by atoms with Crippen molar-refractivity contribution in [3.05, 3.63) is 12.2 Å². The molecule has 1 saturated carbocycles. The molecule has 5 aliphatic rings. The summed E-state index contributed by atoms with van der Waals surface area (Å²) >= 11 is 0. The molecule has 2 unspecified atom stereocenters. The quantitative estimate of drug-likeness (QED) is 0.413. The van der Waals surface area contributed by atoms with Gasteiger partial charge in [-0.05, 0) is 10.4 Å². The van der Waals surface area contributed by atoms with E-state index in [0.717, 1.165) is 9.80 Å². The molecule has 28 heavy (non-hydrogen) atoms. The van der Waals surface area contributed by atoms with Gasteiger partial charge in [-0.2, -0.15) is 10.4 Å². The average Bonchev–Trinajstić information content (AvgIpc) is 3.46. The van der Waals surface area contributed by atoms with E-state index in [2.05, 4.69) is 41.2 Å². The zero-order chi connectivity index (χ0) is 19.2. The first kappa shape index (κ1) is 15.2. The second-order valence-electron chi connectivity index (χ2n) is 7.09. The van der Waals surface area contributed by atoms with Gasteiger partial charge in [-0.15, -0.1) is 10.2 Å². The lowest BCUT2D eigenvalue weighted by Crippen LogP contribution is -2.50. The lowest BCUT2D eigenvalue weighted by atomic mass is 9.54. The molecule has 14 heteroatoms. The Hall–Kier alpha value is -3.84. The minimum absolute atomic E-state index is 0.139. The molecular weight excluding hydrogens is 372 g/mol. The number of nitrogens with one attached hydrogen (secondary N) is 2. The number of carbonyl (C=O) groups is 4. The van der Waals surface area contributed by atoms with Gasteiger partial charge in [-0.25, -0.2) is 9.80 Å². The SMILES string of the molecule is O=C1[C@@H]2C3C=CC([C@H]4C(=O)N(c5nn[nH]n5)C(=O)[C@@H]34)[C@@H]2C(=O)N1c1nn[nH]n1. The summed E-state index contributed by atoms with van der Waals surface area (Å²) in [6.07, 6.45) is 3.51. The number of anilines is 2. The Kier molecular flexibility index (Phi) is 2.67. The Morgan fingerprint density at radius 3 is 1.29 bits per heavy atom. The third-order valence-electron chi connectivity index (χ3n) is 6.08. The van der Waals surface area contributed by atoms with E-state index in [1.165, 1.54) is 0 Å². The number of hydrogen-bond acceptors (Lipinski definition) is 10. The van der Waals surface area contributed by atoms with Crippen LogP contribution in [0.2, 0.25) is 0 Å². The predicted octanol–water partition coefficient (Wildman–Crippen LogP) is -2.56. The number of nitrogens with zero attached hydrogens (tertiary/aromatic N) is 8. The number of hydrogen-bond donors (Lipinski definition) is 2. The first-order valence-electron chi connectivity index (χ1n) is 8.50. The molecule has 4 heterocycles. The van der Waals surface area contributed by atoms with Crippen LogP contribution in [0, 0.1) is 35.5 Å². The molecule has 2 N–H and O–H groups in total. The second kappa shape index (κ2) is 4.90. The minimum atomic E-state index is -0.760. The minimum Gasteiger partial charge on any atom is -0.274 e. The fourth-order valence-corrected chi connectivity index (χ4v) is 5.12. The Labute approximate surface area is 154 Å². The third kappa shape index (κ3) is 1.58. The predicted molar refractivity (Wildman–Crippen MR) is 83.4 cm³/mol. The molecule has 3 fully saturated rings. The Balaban J connectivity index is 1.44. The van der Waals surface area contributed by atoms with Gasteiger partial charge in [-0.3, -0.25) is 19.2 Å². The van der Waals surface area contributed by atoms with Gasteiger partial charge < -0.3 is 0 Å². The van der Waals surface area contributed by atoms with Crippen molar-refractivity contribution in [3.63, 3.8) is 0 Å². The molecule has 0 radical (unpaired) electrons.